The lowest BCUT2D eigenvalue weighted by atomic mass is 10.1. The molecule has 5 nitrogen and oxygen atoms in total. The molecule has 3 aromatic rings. The van der Waals surface area contributed by atoms with E-state index in [9.17, 15) is 9.35 Å². The van der Waals surface area contributed by atoms with E-state index >= 15 is 0 Å². The van der Waals surface area contributed by atoms with Gasteiger partial charge in [-0.15, -0.1) is 4.72 Å². The van der Waals surface area contributed by atoms with Gasteiger partial charge >= 0.3 is 5.97 Å². The van der Waals surface area contributed by atoms with E-state index in [1.165, 1.54) is 0 Å². The van der Waals surface area contributed by atoms with Crippen molar-refractivity contribution in [2.75, 3.05) is 6.61 Å². The molecule has 0 aliphatic carbocycles. The Kier molecular flexibility index (Phi) is 6.92. The number of esters is 1. The van der Waals surface area contributed by atoms with Crippen LogP contribution in [0.2, 0.25) is 0 Å². The Morgan fingerprint density at radius 3 is 2.50 bits per heavy atom. The summed E-state index contributed by atoms with van der Waals surface area (Å²) >= 11 is -1.46. The molecule has 6 heteroatoms. The number of nitrogens with one attached hydrogen (secondary N) is 1. The van der Waals surface area contributed by atoms with Crippen molar-refractivity contribution in [3.05, 3.63) is 84.2 Å². The highest BCUT2D eigenvalue weighted by Crippen LogP contribution is 2.24. The highest BCUT2D eigenvalue weighted by Gasteiger charge is 2.26. The minimum absolute atomic E-state index is 0.0856. The normalized spacial score (nSPS) is 13.1. The maximum atomic E-state index is 12.9. The number of hydrogen-bond acceptors (Lipinski definition) is 4. The third-order valence-electron chi connectivity index (χ3n) is 4.33. The van der Waals surface area contributed by atoms with Crippen molar-refractivity contribution in [1.82, 2.24) is 9.29 Å². The maximum Gasteiger partial charge on any atom is 0.307 e. The Morgan fingerprint density at radius 1 is 1.11 bits per heavy atom. The smallest absolute Gasteiger partial charge is 0.307 e. The lowest BCUT2D eigenvalue weighted by Gasteiger charge is -2.21. The van der Waals surface area contributed by atoms with Gasteiger partial charge in [-0.1, -0.05) is 35.9 Å². The van der Waals surface area contributed by atoms with Crippen molar-refractivity contribution in [3.8, 4) is 5.69 Å². The number of ether oxygens (including phenoxy) is 1. The number of hydrogen-bond donors (Lipinski definition) is 1. The predicted molar refractivity (Wildman–Crippen MR) is 110 cm³/mol. The second-order valence-corrected chi connectivity index (χ2v) is 7.64. The monoisotopic (exact) mass is 396 g/mol. The maximum absolute atomic E-state index is 12.9. The van der Waals surface area contributed by atoms with Crippen molar-refractivity contribution in [3.63, 3.8) is 0 Å². The fraction of sp³-hybridized carbons (Fsp3) is 0.227. The molecule has 28 heavy (non-hydrogen) atoms. The van der Waals surface area contributed by atoms with Crippen molar-refractivity contribution in [2.24, 2.45) is 0 Å². The molecule has 146 valence electrons. The zero-order chi connectivity index (χ0) is 19.9. The average molecular weight is 397 g/mol. The molecule has 0 fully saturated rings. The van der Waals surface area contributed by atoms with Crippen LogP contribution < -0.4 is 4.72 Å². The van der Waals surface area contributed by atoms with Crippen LogP contribution >= 0.6 is 0 Å². The standard InChI is InChI=1S/C22H24N2O3S/c1-3-27-22(25)16-20(23-28(26)19-13-11-17(2)12-14-19)21-10-7-15-24(21)18-8-5-4-6-9-18/h4-15,20,23H,3,16H2,1-2H3/t20-,28+/m0/s1. The van der Waals surface area contributed by atoms with Gasteiger partial charge in [-0.25, -0.2) is 0 Å². The Balaban J connectivity index is 1.88. The number of rotatable bonds is 8. The van der Waals surface area contributed by atoms with Gasteiger partial charge in [-0.3, -0.25) is 4.79 Å². The largest absolute Gasteiger partial charge is 0.593 e. The van der Waals surface area contributed by atoms with Gasteiger partial charge in [0.1, 0.15) is 6.04 Å². The molecule has 2 atom stereocenters. The lowest BCUT2D eigenvalue weighted by molar-refractivity contribution is -0.143. The third-order valence-corrected chi connectivity index (χ3v) is 5.53. The fourth-order valence-corrected chi connectivity index (χ4v) is 3.94. The molecule has 1 heterocycles. The van der Waals surface area contributed by atoms with Gasteiger partial charge < -0.3 is 13.9 Å². The van der Waals surface area contributed by atoms with Crippen LogP contribution in [0.5, 0.6) is 0 Å². The topological polar surface area (TPSA) is 66.3 Å². The molecule has 1 N–H and O–H groups in total. The molecule has 1 aromatic heterocycles. The number of carbonyl (C=O) groups excluding carboxylic acids is 1. The second kappa shape index (κ2) is 9.59. The van der Waals surface area contributed by atoms with E-state index in [0.717, 1.165) is 16.9 Å². The summed E-state index contributed by atoms with van der Waals surface area (Å²) in [5.74, 6) is -0.332. The van der Waals surface area contributed by atoms with Gasteiger partial charge in [-0.05, 0) is 50.2 Å². The van der Waals surface area contributed by atoms with Crippen LogP contribution in [0.4, 0.5) is 0 Å². The molecule has 0 saturated carbocycles. The quantitative estimate of drug-likeness (QED) is 0.460. The van der Waals surface area contributed by atoms with E-state index in [2.05, 4.69) is 4.72 Å². The number of carbonyl (C=O) groups is 1. The molecule has 2 aromatic carbocycles. The van der Waals surface area contributed by atoms with Crippen molar-refractivity contribution < 1.29 is 14.1 Å². The number of benzene rings is 2. The number of aryl methyl sites for hydroxylation is 1. The molecule has 0 bridgehead atoms. The summed E-state index contributed by atoms with van der Waals surface area (Å²) in [6.07, 6.45) is 2.02. The highest BCUT2D eigenvalue weighted by atomic mass is 32.2. The zero-order valence-electron chi connectivity index (χ0n) is 16.0. The van der Waals surface area contributed by atoms with E-state index in [-0.39, 0.29) is 12.4 Å². The van der Waals surface area contributed by atoms with Gasteiger partial charge in [0.25, 0.3) is 0 Å². The SMILES string of the molecule is CCOC(=O)C[C@H](N[S@+]([O-])c1ccc(C)cc1)c1cccn1-c1ccccc1. The number of nitrogens with zero attached hydrogens (tertiary/aromatic N) is 1. The molecule has 0 aliphatic rings. The summed E-state index contributed by atoms with van der Waals surface area (Å²) in [5, 5.41) is 0. The molecule has 3 rings (SSSR count). The molecule has 0 unspecified atom stereocenters. The summed E-state index contributed by atoms with van der Waals surface area (Å²) in [4.78, 5) is 12.9. The zero-order valence-corrected chi connectivity index (χ0v) is 16.8. The first-order valence-electron chi connectivity index (χ1n) is 9.21. The first kappa shape index (κ1) is 20.2. The van der Waals surface area contributed by atoms with Crippen LogP contribution in [-0.2, 0) is 20.9 Å². The van der Waals surface area contributed by atoms with Crippen LogP contribution in [-0.4, -0.2) is 21.7 Å². The Labute approximate surface area is 168 Å². The van der Waals surface area contributed by atoms with E-state index in [1.54, 1.807) is 6.92 Å². The average Bonchev–Trinajstić information content (AvgIpc) is 3.18. The van der Waals surface area contributed by atoms with E-state index in [0.29, 0.717) is 11.5 Å². The minimum Gasteiger partial charge on any atom is -0.593 e. The molecule has 0 spiro atoms. The second-order valence-electron chi connectivity index (χ2n) is 6.40. The number of aromatic nitrogens is 1. The first-order valence-corrected chi connectivity index (χ1v) is 10.4. The first-order chi connectivity index (χ1) is 13.6. The Morgan fingerprint density at radius 2 is 1.82 bits per heavy atom. The van der Waals surface area contributed by atoms with Crippen LogP contribution in [0.1, 0.15) is 30.6 Å². The molecular weight excluding hydrogens is 372 g/mol. The van der Waals surface area contributed by atoms with Crippen molar-refractivity contribution in [2.45, 2.75) is 31.2 Å². The van der Waals surface area contributed by atoms with Crippen LogP contribution in [0.15, 0.2) is 77.8 Å². The van der Waals surface area contributed by atoms with Crippen molar-refractivity contribution in [1.29, 1.82) is 0 Å². The van der Waals surface area contributed by atoms with E-state index < -0.39 is 17.4 Å². The van der Waals surface area contributed by atoms with Gasteiger partial charge in [0.15, 0.2) is 4.90 Å². The van der Waals surface area contributed by atoms with E-state index in [4.69, 9.17) is 4.74 Å². The molecule has 0 aliphatic heterocycles. The molecule has 0 saturated heterocycles. The third kappa shape index (κ3) is 5.04. The summed E-state index contributed by atoms with van der Waals surface area (Å²) in [7, 11) is 0. The van der Waals surface area contributed by atoms with E-state index in [1.807, 2.05) is 84.4 Å². The summed E-state index contributed by atoms with van der Waals surface area (Å²) < 4.78 is 23.1. The van der Waals surface area contributed by atoms with Crippen molar-refractivity contribution >= 4 is 17.3 Å². The molecule has 0 radical (unpaired) electrons. The lowest BCUT2D eigenvalue weighted by Crippen LogP contribution is -2.32. The predicted octanol–water partition coefficient (Wildman–Crippen LogP) is 4.09. The van der Waals surface area contributed by atoms with Gasteiger partial charge in [0, 0.05) is 17.6 Å². The minimum atomic E-state index is -1.46. The van der Waals surface area contributed by atoms with Crippen LogP contribution in [0.25, 0.3) is 5.69 Å². The fourth-order valence-electron chi connectivity index (χ4n) is 2.95. The van der Waals surface area contributed by atoms with Gasteiger partial charge in [-0.2, -0.15) is 0 Å². The Hall–Kier alpha value is -2.54. The van der Waals surface area contributed by atoms with Crippen LogP contribution in [0.3, 0.4) is 0 Å². The van der Waals surface area contributed by atoms with Gasteiger partial charge in [0.2, 0.25) is 0 Å². The molecular formula is C22H24N2O3S. The number of para-hydroxylation sites is 1. The Bertz CT molecular complexity index is 894. The van der Waals surface area contributed by atoms with Crippen LogP contribution in [0, 0.1) is 6.92 Å². The summed E-state index contributed by atoms with van der Waals surface area (Å²) in [6, 6.07) is 20.7. The summed E-state index contributed by atoms with van der Waals surface area (Å²) in [6.45, 7) is 4.07. The molecule has 0 amide bonds. The summed E-state index contributed by atoms with van der Waals surface area (Å²) in [5.41, 5.74) is 2.92. The van der Waals surface area contributed by atoms with Gasteiger partial charge in [0.05, 0.1) is 24.4 Å². The highest BCUT2D eigenvalue weighted by molar-refractivity contribution is 7.89.